The summed E-state index contributed by atoms with van der Waals surface area (Å²) in [6.07, 6.45) is 4.24. The van der Waals surface area contributed by atoms with E-state index in [4.69, 9.17) is 4.74 Å². The second kappa shape index (κ2) is 5.61. The highest BCUT2D eigenvalue weighted by Crippen LogP contribution is 2.19. The smallest absolute Gasteiger partial charge is 0.0588 e. The molecule has 3 unspecified atom stereocenters. The Hall–Kier alpha value is -0.0800. The first-order valence-corrected chi connectivity index (χ1v) is 5.59. The zero-order chi connectivity index (χ0) is 9.68. The Bertz CT molecular complexity index is 138. The van der Waals surface area contributed by atoms with Crippen molar-refractivity contribution in [3.8, 4) is 0 Å². The van der Waals surface area contributed by atoms with Crippen LogP contribution in [0.5, 0.6) is 0 Å². The molecular weight excluding hydrogens is 162 g/mol. The van der Waals surface area contributed by atoms with Crippen molar-refractivity contribution in [1.29, 1.82) is 0 Å². The first kappa shape index (κ1) is 11.0. The third kappa shape index (κ3) is 3.65. The molecular formula is C11H23NO. The van der Waals surface area contributed by atoms with E-state index in [0.29, 0.717) is 12.1 Å². The Kier molecular flexibility index (Phi) is 4.74. The van der Waals surface area contributed by atoms with Crippen molar-refractivity contribution in [3.05, 3.63) is 0 Å². The summed E-state index contributed by atoms with van der Waals surface area (Å²) in [6.45, 7) is 8.77. The molecule has 0 aromatic heterocycles. The van der Waals surface area contributed by atoms with Gasteiger partial charge in [-0.2, -0.15) is 0 Å². The monoisotopic (exact) mass is 185 g/mol. The van der Waals surface area contributed by atoms with E-state index < -0.39 is 0 Å². The Balaban J connectivity index is 2.10. The van der Waals surface area contributed by atoms with Gasteiger partial charge in [0.05, 0.1) is 6.10 Å². The second-order valence-corrected chi connectivity index (χ2v) is 4.22. The molecule has 0 bridgehead atoms. The molecule has 1 fully saturated rings. The SMILES string of the molecule is CCCC(C)NCC1CCOC1C. The summed E-state index contributed by atoms with van der Waals surface area (Å²) in [5.74, 6) is 0.735. The number of hydrogen-bond acceptors (Lipinski definition) is 2. The fourth-order valence-electron chi connectivity index (χ4n) is 1.93. The highest BCUT2D eigenvalue weighted by atomic mass is 16.5. The van der Waals surface area contributed by atoms with E-state index in [2.05, 4.69) is 26.1 Å². The van der Waals surface area contributed by atoms with Crippen LogP contribution in [0, 0.1) is 5.92 Å². The maximum absolute atomic E-state index is 5.52. The number of rotatable bonds is 5. The van der Waals surface area contributed by atoms with Crippen LogP contribution >= 0.6 is 0 Å². The van der Waals surface area contributed by atoms with Crippen molar-refractivity contribution in [3.63, 3.8) is 0 Å². The molecule has 0 amide bonds. The predicted octanol–water partition coefficient (Wildman–Crippen LogP) is 2.19. The molecule has 13 heavy (non-hydrogen) atoms. The van der Waals surface area contributed by atoms with E-state index >= 15 is 0 Å². The minimum atomic E-state index is 0.460. The van der Waals surface area contributed by atoms with Crippen molar-refractivity contribution < 1.29 is 4.74 Å². The number of ether oxygens (including phenoxy) is 1. The molecule has 1 aliphatic rings. The van der Waals surface area contributed by atoms with E-state index in [1.807, 2.05) is 0 Å². The summed E-state index contributed by atoms with van der Waals surface area (Å²) >= 11 is 0. The van der Waals surface area contributed by atoms with E-state index in [0.717, 1.165) is 19.1 Å². The summed E-state index contributed by atoms with van der Waals surface area (Å²) in [5, 5.41) is 3.58. The Morgan fingerprint density at radius 3 is 2.85 bits per heavy atom. The van der Waals surface area contributed by atoms with Gasteiger partial charge in [-0.05, 0) is 32.6 Å². The average Bonchev–Trinajstić information content (AvgIpc) is 2.48. The van der Waals surface area contributed by atoms with Crippen molar-refractivity contribution in [1.82, 2.24) is 5.32 Å². The van der Waals surface area contributed by atoms with E-state index in [9.17, 15) is 0 Å². The van der Waals surface area contributed by atoms with Crippen LogP contribution in [-0.2, 0) is 4.74 Å². The zero-order valence-electron chi connectivity index (χ0n) is 9.18. The molecule has 0 spiro atoms. The lowest BCUT2D eigenvalue weighted by Crippen LogP contribution is -2.33. The first-order valence-electron chi connectivity index (χ1n) is 5.59. The molecule has 1 aliphatic heterocycles. The highest BCUT2D eigenvalue weighted by molar-refractivity contribution is 4.75. The fraction of sp³-hybridized carbons (Fsp3) is 1.00. The van der Waals surface area contributed by atoms with Gasteiger partial charge in [-0.1, -0.05) is 13.3 Å². The third-order valence-corrected chi connectivity index (χ3v) is 2.98. The Morgan fingerprint density at radius 2 is 2.31 bits per heavy atom. The molecule has 0 saturated carbocycles. The minimum Gasteiger partial charge on any atom is -0.378 e. The van der Waals surface area contributed by atoms with Crippen LogP contribution in [0.3, 0.4) is 0 Å². The summed E-state index contributed by atoms with van der Waals surface area (Å²) in [7, 11) is 0. The van der Waals surface area contributed by atoms with Crippen LogP contribution in [-0.4, -0.2) is 25.3 Å². The van der Waals surface area contributed by atoms with E-state index in [1.54, 1.807) is 0 Å². The third-order valence-electron chi connectivity index (χ3n) is 2.98. The molecule has 1 heterocycles. The number of nitrogens with one attached hydrogen (secondary N) is 1. The molecule has 0 radical (unpaired) electrons. The van der Waals surface area contributed by atoms with Gasteiger partial charge in [-0.25, -0.2) is 0 Å². The van der Waals surface area contributed by atoms with Crippen LogP contribution in [0.25, 0.3) is 0 Å². The maximum atomic E-state index is 5.52. The normalized spacial score (nSPS) is 30.7. The quantitative estimate of drug-likeness (QED) is 0.709. The van der Waals surface area contributed by atoms with Crippen molar-refractivity contribution in [2.75, 3.05) is 13.2 Å². The van der Waals surface area contributed by atoms with Crippen LogP contribution in [0.4, 0.5) is 0 Å². The van der Waals surface area contributed by atoms with Crippen LogP contribution in [0.15, 0.2) is 0 Å². The second-order valence-electron chi connectivity index (χ2n) is 4.22. The topological polar surface area (TPSA) is 21.3 Å². The molecule has 1 saturated heterocycles. The Labute approximate surface area is 82.0 Å². The average molecular weight is 185 g/mol. The van der Waals surface area contributed by atoms with Crippen LogP contribution < -0.4 is 5.32 Å². The summed E-state index contributed by atoms with van der Waals surface area (Å²) in [5.41, 5.74) is 0. The van der Waals surface area contributed by atoms with Gasteiger partial charge < -0.3 is 10.1 Å². The summed E-state index contributed by atoms with van der Waals surface area (Å²) < 4.78 is 5.52. The van der Waals surface area contributed by atoms with Crippen molar-refractivity contribution in [2.24, 2.45) is 5.92 Å². The summed E-state index contributed by atoms with van der Waals surface area (Å²) in [4.78, 5) is 0. The fourth-order valence-corrected chi connectivity index (χ4v) is 1.93. The van der Waals surface area contributed by atoms with Gasteiger partial charge in [-0.3, -0.25) is 0 Å². The predicted molar refractivity (Wildman–Crippen MR) is 55.9 cm³/mol. The van der Waals surface area contributed by atoms with Crippen molar-refractivity contribution in [2.45, 2.75) is 52.2 Å². The molecule has 2 heteroatoms. The largest absolute Gasteiger partial charge is 0.378 e. The highest BCUT2D eigenvalue weighted by Gasteiger charge is 2.23. The van der Waals surface area contributed by atoms with Crippen LogP contribution in [0.1, 0.15) is 40.0 Å². The van der Waals surface area contributed by atoms with Gasteiger partial charge in [0.15, 0.2) is 0 Å². The standard InChI is InChI=1S/C11H23NO/c1-4-5-9(2)12-8-11-6-7-13-10(11)3/h9-12H,4-8H2,1-3H3. The van der Waals surface area contributed by atoms with Crippen LogP contribution in [0.2, 0.25) is 0 Å². The lowest BCUT2D eigenvalue weighted by molar-refractivity contribution is 0.105. The first-order chi connectivity index (χ1) is 6.24. The molecule has 0 aliphatic carbocycles. The zero-order valence-corrected chi connectivity index (χ0v) is 9.18. The van der Waals surface area contributed by atoms with E-state index in [1.165, 1.54) is 19.3 Å². The molecule has 2 nitrogen and oxygen atoms in total. The molecule has 1 N–H and O–H groups in total. The summed E-state index contributed by atoms with van der Waals surface area (Å²) in [6, 6.07) is 0.665. The van der Waals surface area contributed by atoms with Gasteiger partial charge in [0.25, 0.3) is 0 Å². The Morgan fingerprint density at radius 1 is 1.54 bits per heavy atom. The molecule has 78 valence electrons. The van der Waals surface area contributed by atoms with Crippen molar-refractivity contribution >= 4 is 0 Å². The van der Waals surface area contributed by atoms with Gasteiger partial charge in [0.2, 0.25) is 0 Å². The molecule has 0 aromatic carbocycles. The lowest BCUT2D eigenvalue weighted by atomic mass is 10.0. The van der Waals surface area contributed by atoms with Gasteiger partial charge in [0.1, 0.15) is 0 Å². The molecule has 0 aromatic rings. The molecule has 3 atom stereocenters. The lowest BCUT2D eigenvalue weighted by Gasteiger charge is -2.18. The van der Waals surface area contributed by atoms with Gasteiger partial charge in [0, 0.05) is 19.2 Å². The van der Waals surface area contributed by atoms with Gasteiger partial charge in [-0.15, -0.1) is 0 Å². The maximum Gasteiger partial charge on any atom is 0.0588 e. The van der Waals surface area contributed by atoms with Gasteiger partial charge >= 0.3 is 0 Å². The molecule has 1 rings (SSSR count). The minimum absolute atomic E-state index is 0.460. The number of hydrogen-bond donors (Lipinski definition) is 1. The van der Waals surface area contributed by atoms with E-state index in [-0.39, 0.29) is 0 Å².